The summed E-state index contributed by atoms with van der Waals surface area (Å²) in [7, 11) is -3.04. The first-order valence-corrected chi connectivity index (χ1v) is 11.4. The summed E-state index contributed by atoms with van der Waals surface area (Å²) in [4.78, 5) is 13.6. The SMILES string of the molecule is Cc1ccc([C@@H]([NH2+]CC(=O)N[C@]2(C)CCS(=O)(=O)C2)c2cccs2)cc1. The number of nitrogens with one attached hydrogen (secondary N) is 1. The lowest BCUT2D eigenvalue weighted by Crippen LogP contribution is -2.88. The van der Waals surface area contributed by atoms with Crippen LogP contribution in [0.25, 0.3) is 0 Å². The predicted molar refractivity (Wildman–Crippen MR) is 104 cm³/mol. The topological polar surface area (TPSA) is 79.8 Å². The highest BCUT2D eigenvalue weighted by Gasteiger charge is 2.39. The summed E-state index contributed by atoms with van der Waals surface area (Å²) in [6.07, 6.45) is 0.480. The van der Waals surface area contributed by atoms with Crippen molar-refractivity contribution in [1.82, 2.24) is 5.32 Å². The van der Waals surface area contributed by atoms with Gasteiger partial charge in [-0.3, -0.25) is 4.79 Å². The van der Waals surface area contributed by atoms with Gasteiger partial charge >= 0.3 is 0 Å². The van der Waals surface area contributed by atoms with Crippen LogP contribution in [0.15, 0.2) is 41.8 Å². The van der Waals surface area contributed by atoms with E-state index in [1.807, 2.05) is 23.7 Å². The number of carbonyl (C=O) groups is 1. The Morgan fingerprint density at radius 3 is 2.62 bits per heavy atom. The van der Waals surface area contributed by atoms with Gasteiger partial charge in [-0.2, -0.15) is 0 Å². The minimum Gasteiger partial charge on any atom is -0.345 e. The first-order chi connectivity index (χ1) is 12.3. The van der Waals surface area contributed by atoms with Crippen LogP contribution in [0.2, 0.25) is 0 Å². The van der Waals surface area contributed by atoms with E-state index in [4.69, 9.17) is 0 Å². The largest absolute Gasteiger partial charge is 0.345 e. The van der Waals surface area contributed by atoms with Crippen LogP contribution < -0.4 is 10.6 Å². The molecule has 2 atom stereocenters. The van der Waals surface area contributed by atoms with Crippen molar-refractivity contribution in [2.45, 2.75) is 31.8 Å². The molecule has 0 spiro atoms. The van der Waals surface area contributed by atoms with Gasteiger partial charge in [-0.05, 0) is 31.7 Å². The molecule has 1 aromatic carbocycles. The zero-order valence-corrected chi connectivity index (χ0v) is 16.7. The maximum atomic E-state index is 12.4. The Balaban J connectivity index is 1.66. The smallest absolute Gasteiger partial charge is 0.275 e. The van der Waals surface area contributed by atoms with E-state index in [-0.39, 0.29) is 30.0 Å². The number of nitrogens with two attached hydrogens (primary N) is 1. The summed E-state index contributed by atoms with van der Waals surface area (Å²) in [5, 5.41) is 6.98. The van der Waals surface area contributed by atoms with Crippen molar-refractivity contribution in [3.05, 3.63) is 57.8 Å². The lowest BCUT2D eigenvalue weighted by Gasteiger charge is -2.24. The Kier molecular flexibility index (Phi) is 5.50. The molecule has 0 radical (unpaired) electrons. The van der Waals surface area contributed by atoms with E-state index in [2.05, 4.69) is 42.6 Å². The fourth-order valence-corrected chi connectivity index (χ4v) is 6.32. The first-order valence-electron chi connectivity index (χ1n) is 8.71. The van der Waals surface area contributed by atoms with E-state index in [0.29, 0.717) is 6.42 Å². The Morgan fingerprint density at radius 1 is 1.31 bits per heavy atom. The molecule has 1 amide bonds. The molecule has 3 N–H and O–H groups in total. The van der Waals surface area contributed by atoms with Crippen LogP contribution in [-0.4, -0.2) is 37.9 Å². The standard InChI is InChI=1S/C19H24N2O3S2/c1-14-5-7-15(8-6-14)18(16-4-3-10-25-16)20-12-17(22)21-19(2)9-11-26(23,24)13-19/h3-8,10,18,20H,9,11-13H2,1-2H3,(H,21,22)/p+1/t18-,19-/m1/s1. The highest BCUT2D eigenvalue weighted by molar-refractivity contribution is 7.91. The van der Waals surface area contributed by atoms with Crippen molar-refractivity contribution in [3.8, 4) is 0 Å². The summed E-state index contributed by atoms with van der Waals surface area (Å²) < 4.78 is 23.4. The summed E-state index contributed by atoms with van der Waals surface area (Å²) >= 11 is 1.67. The van der Waals surface area contributed by atoms with Gasteiger partial charge in [0, 0.05) is 5.56 Å². The fraction of sp³-hybridized carbons (Fsp3) is 0.421. The predicted octanol–water partition coefficient (Wildman–Crippen LogP) is 1.40. The Labute approximate surface area is 158 Å². The van der Waals surface area contributed by atoms with Crippen LogP contribution in [0.3, 0.4) is 0 Å². The number of sulfone groups is 1. The van der Waals surface area contributed by atoms with Crippen LogP contribution in [0.5, 0.6) is 0 Å². The summed E-state index contributed by atoms with van der Waals surface area (Å²) in [6.45, 7) is 4.12. The van der Waals surface area contributed by atoms with Crippen LogP contribution in [0, 0.1) is 6.92 Å². The normalized spacial score (nSPS) is 22.8. The second kappa shape index (κ2) is 7.50. The molecule has 5 nitrogen and oxygen atoms in total. The molecule has 1 saturated heterocycles. The van der Waals surface area contributed by atoms with Crippen LogP contribution >= 0.6 is 11.3 Å². The molecule has 26 heavy (non-hydrogen) atoms. The van der Waals surface area contributed by atoms with E-state index in [1.54, 1.807) is 11.3 Å². The number of benzene rings is 1. The molecule has 140 valence electrons. The lowest BCUT2D eigenvalue weighted by atomic mass is 10.0. The van der Waals surface area contributed by atoms with Gasteiger partial charge in [0.1, 0.15) is 6.04 Å². The van der Waals surface area contributed by atoms with E-state index in [9.17, 15) is 13.2 Å². The Morgan fingerprint density at radius 2 is 2.04 bits per heavy atom. The minimum atomic E-state index is -3.04. The van der Waals surface area contributed by atoms with Gasteiger partial charge in [0.15, 0.2) is 16.4 Å². The molecule has 0 bridgehead atoms. The number of carbonyl (C=O) groups excluding carboxylic acids is 1. The van der Waals surface area contributed by atoms with E-state index < -0.39 is 15.4 Å². The second-order valence-electron chi connectivity index (χ2n) is 7.29. The number of quaternary nitrogens is 1. The van der Waals surface area contributed by atoms with Crippen LogP contribution in [0.1, 0.15) is 35.4 Å². The van der Waals surface area contributed by atoms with Crippen molar-refractivity contribution in [2.24, 2.45) is 0 Å². The van der Waals surface area contributed by atoms with Crippen molar-refractivity contribution >= 4 is 27.1 Å². The lowest BCUT2D eigenvalue weighted by molar-refractivity contribution is -0.676. The second-order valence-corrected chi connectivity index (χ2v) is 10.5. The molecule has 1 aliphatic heterocycles. The average Bonchev–Trinajstić information content (AvgIpc) is 3.17. The van der Waals surface area contributed by atoms with Gasteiger partial charge in [-0.1, -0.05) is 35.9 Å². The van der Waals surface area contributed by atoms with Gasteiger partial charge in [0.05, 0.1) is 21.9 Å². The molecule has 1 fully saturated rings. The van der Waals surface area contributed by atoms with Crippen molar-refractivity contribution in [2.75, 3.05) is 18.1 Å². The van der Waals surface area contributed by atoms with Crippen molar-refractivity contribution in [3.63, 3.8) is 0 Å². The molecule has 1 aliphatic rings. The third kappa shape index (κ3) is 4.72. The number of aryl methyl sites for hydroxylation is 1. The third-order valence-electron chi connectivity index (χ3n) is 4.77. The van der Waals surface area contributed by atoms with Gasteiger partial charge in [0.2, 0.25) is 0 Å². The van der Waals surface area contributed by atoms with Crippen LogP contribution in [-0.2, 0) is 14.6 Å². The van der Waals surface area contributed by atoms with Crippen molar-refractivity contribution in [1.29, 1.82) is 0 Å². The Bertz CT molecular complexity index is 861. The quantitative estimate of drug-likeness (QED) is 0.779. The fourth-order valence-electron chi connectivity index (χ4n) is 3.38. The first kappa shape index (κ1) is 19.1. The minimum absolute atomic E-state index is 0.0258. The molecule has 0 aliphatic carbocycles. The molecule has 7 heteroatoms. The third-order valence-corrected chi connectivity index (χ3v) is 7.63. The zero-order chi connectivity index (χ0) is 18.8. The highest BCUT2D eigenvalue weighted by atomic mass is 32.2. The van der Waals surface area contributed by atoms with E-state index in [0.717, 1.165) is 5.56 Å². The maximum absolute atomic E-state index is 12.4. The highest BCUT2D eigenvalue weighted by Crippen LogP contribution is 2.24. The van der Waals surface area contributed by atoms with Crippen LogP contribution in [0.4, 0.5) is 0 Å². The molecule has 2 heterocycles. The number of hydrogen-bond donors (Lipinski definition) is 2. The monoisotopic (exact) mass is 393 g/mol. The van der Waals surface area contributed by atoms with E-state index >= 15 is 0 Å². The van der Waals surface area contributed by atoms with Gasteiger partial charge in [0.25, 0.3) is 5.91 Å². The number of rotatable bonds is 6. The van der Waals surface area contributed by atoms with Crippen molar-refractivity contribution < 1.29 is 18.5 Å². The average molecular weight is 394 g/mol. The molecule has 0 unspecified atom stereocenters. The molecule has 1 aromatic heterocycles. The zero-order valence-electron chi connectivity index (χ0n) is 15.1. The van der Waals surface area contributed by atoms with Gasteiger partial charge < -0.3 is 10.6 Å². The van der Waals surface area contributed by atoms with Gasteiger partial charge in [-0.15, -0.1) is 11.3 Å². The number of thiophene rings is 1. The summed E-state index contributed by atoms with van der Waals surface area (Å²) in [6, 6.07) is 12.5. The molecule has 0 saturated carbocycles. The van der Waals surface area contributed by atoms with Gasteiger partial charge in [-0.25, -0.2) is 8.42 Å². The maximum Gasteiger partial charge on any atom is 0.275 e. The summed E-state index contributed by atoms with van der Waals surface area (Å²) in [5.41, 5.74) is 1.71. The molecule has 2 aromatic rings. The summed E-state index contributed by atoms with van der Waals surface area (Å²) in [5.74, 6) is 0.0467. The molecular weight excluding hydrogens is 368 g/mol. The Hall–Kier alpha value is -1.70. The molecule has 3 rings (SSSR count). The number of hydrogen-bond acceptors (Lipinski definition) is 4. The number of amides is 1. The molecular formula is C19H25N2O3S2+. The van der Waals surface area contributed by atoms with E-state index in [1.165, 1.54) is 10.4 Å².